The molecule has 0 aliphatic heterocycles. The molecule has 8 heteroatoms. The quantitative estimate of drug-likeness (QED) is 0.567. The van der Waals surface area contributed by atoms with Gasteiger partial charge in [0.25, 0.3) is 5.91 Å². The maximum Gasteiger partial charge on any atom is 0.331 e. The molecule has 2 rings (SSSR count). The molecule has 0 aromatic heterocycles. The third-order valence-electron chi connectivity index (χ3n) is 3.75. The van der Waals surface area contributed by atoms with E-state index >= 15 is 0 Å². The standard InChI is InChI=1S/C20H22N2O5S/c1-15(27-19(23)13-12-16-8-5-4-6-9-16)20(24)21-17-10-7-11-18(14-17)28(25,26)22(2)3/h4-15H,1-3H3,(H,21,24)/b13-12+/t15-/m1/s1. The van der Waals surface area contributed by atoms with Crippen LogP contribution in [0.1, 0.15) is 12.5 Å². The van der Waals surface area contributed by atoms with E-state index in [4.69, 9.17) is 4.74 Å². The monoisotopic (exact) mass is 402 g/mol. The van der Waals surface area contributed by atoms with Crippen LogP contribution in [0.25, 0.3) is 6.08 Å². The molecule has 2 aromatic carbocycles. The normalized spacial score (nSPS) is 12.7. The zero-order valence-electron chi connectivity index (χ0n) is 15.8. The van der Waals surface area contributed by atoms with Gasteiger partial charge < -0.3 is 10.1 Å². The smallest absolute Gasteiger partial charge is 0.331 e. The molecule has 0 radical (unpaired) electrons. The van der Waals surface area contributed by atoms with Crippen molar-refractivity contribution in [3.63, 3.8) is 0 Å². The SMILES string of the molecule is C[C@@H](OC(=O)/C=C/c1ccccc1)C(=O)Nc1cccc(S(=O)(=O)N(C)C)c1. The van der Waals surface area contributed by atoms with Gasteiger partial charge in [-0.15, -0.1) is 0 Å². The van der Waals surface area contributed by atoms with E-state index in [0.29, 0.717) is 0 Å². The number of ether oxygens (including phenoxy) is 1. The topological polar surface area (TPSA) is 92.8 Å². The molecule has 28 heavy (non-hydrogen) atoms. The summed E-state index contributed by atoms with van der Waals surface area (Å²) in [5, 5.41) is 2.55. The number of hydrogen-bond acceptors (Lipinski definition) is 5. The zero-order chi connectivity index (χ0) is 20.7. The third-order valence-corrected chi connectivity index (χ3v) is 5.56. The predicted molar refractivity (Wildman–Crippen MR) is 107 cm³/mol. The Hall–Kier alpha value is -2.97. The second-order valence-corrected chi connectivity index (χ2v) is 8.28. The number of benzene rings is 2. The van der Waals surface area contributed by atoms with Crippen LogP contribution in [0.4, 0.5) is 5.69 Å². The highest BCUT2D eigenvalue weighted by atomic mass is 32.2. The van der Waals surface area contributed by atoms with Gasteiger partial charge in [-0.1, -0.05) is 36.4 Å². The first-order chi connectivity index (χ1) is 13.2. The first-order valence-electron chi connectivity index (χ1n) is 8.47. The number of nitrogens with zero attached hydrogens (tertiary/aromatic N) is 1. The minimum Gasteiger partial charge on any atom is -0.449 e. The number of amides is 1. The van der Waals surface area contributed by atoms with Crippen molar-refractivity contribution in [1.82, 2.24) is 4.31 Å². The van der Waals surface area contributed by atoms with Gasteiger partial charge in [-0.3, -0.25) is 4.79 Å². The van der Waals surface area contributed by atoms with Crippen LogP contribution in [-0.4, -0.2) is 44.8 Å². The number of carbonyl (C=O) groups excluding carboxylic acids is 2. The lowest BCUT2D eigenvalue weighted by Gasteiger charge is -2.14. The van der Waals surface area contributed by atoms with Gasteiger partial charge in [0.1, 0.15) is 0 Å². The molecule has 7 nitrogen and oxygen atoms in total. The summed E-state index contributed by atoms with van der Waals surface area (Å²) in [6.45, 7) is 1.43. The van der Waals surface area contributed by atoms with Gasteiger partial charge in [0.15, 0.2) is 6.10 Å². The van der Waals surface area contributed by atoms with Gasteiger partial charge in [-0.05, 0) is 36.8 Å². The fraction of sp³-hybridized carbons (Fsp3) is 0.200. The largest absolute Gasteiger partial charge is 0.449 e. The van der Waals surface area contributed by atoms with Crippen LogP contribution in [0.15, 0.2) is 65.6 Å². The van der Waals surface area contributed by atoms with Crippen molar-refractivity contribution in [1.29, 1.82) is 0 Å². The van der Waals surface area contributed by atoms with Gasteiger partial charge in [0, 0.05) is 25.9 Å². The number of esters is 1. The van der Waals surface area contributed by atoms with Crippen molar-refractivity contribution in [2.24, 2.45) is 0 Å². The molecule has 1 amide bonds. The van der Waals surface area contributed by atoms with Gasteiger partial charge in [-0.2, -0.15) is 0 Å². The van der Waals surface area contributed by atoms with Crippen LogP contribution < -0.4 is 5.32 Å². The fourth-order valence-electron chi connectivity index (χ4n) is 2.18. The van der Waals surface area contributed by atoms with Gasteiger partial charge in [0.05, 0.1) is 4.90 Å². The summed E-state index contributed by atoms with van der Waals surface area (Å²) in [5.74, 6) is -1.23. The highest BCUT2D eigenvalue weighted by molar-refractivity contribution is 7.89. The molecule has 0 spiro atoms. The Labute approximate surface area is 164 Å². The Morgan fingerprint density at radius 3 is 2.39 bits per heavy atom. The van der Waals surface area contributed by atoms with Crippen molar-refractivity contribution in [2.75, 3.05) is 19.4 Å². The fourth-order valence-corrected chi connectivity index (χ4v) is 3.13. The lowest BCUT2D eigenvalue weighted by Crippen LogP contribution is -2.29. The van der Waals surface area contributed by atoms with Crippen LogP contribution in [0.5, 0.6) is 0 Å². The highest BCUT2D eigenvalue weighted by Gasteiger charge is 2.20. The molecular formula is C20H22N2O5S. The van der Waals surface area contributed by atoms with Crippen molar-refractivity contribution in [3.8, 4) is 0 Å². The number of carbonyl (C=O) groups is 2. The van der Waals surface area contributed by atoms with Crippen LogP contribution >= 0.6 is 0 Å². The second kappa shape index (κ2) is 9.29. The summed E-state index contributed by atoms with van der Waals surface area (Å²) in [6.07, 6.45) is 1.77. The van der Waals surface area contributed by atoms with E-state index in [0.717, 1.165) is 9.87 Å². The molecule has 0 heterocycles. The molecule has 0 bridgehead atoms. The Kier molecular flexibility index (Phi) is 7.08. The van der Waals surface area contributed by atoms with Gasteiger partial charge in [0.2, 0.25) is 10.0 Å². The number of anilines is 1. The lowest BCUT2D eigenvalue weighted by atomic mass is 10.2. The predicted octanol–water partition coefficient (Wildman–Crippen LogP) is 2.52. The minimum atomic E-state index is -3.62. The van der Waals surface area contributed by atoms with Gasteiger partial charge in [-0.25, -0.2) is 17.5 Å². The number of hydrogen-bond donors (Lipinski definition) is 1. The second-order valence-electron chi connectivity index (χ2n) is 6.13. The molecule has 1 N–H and O–H groups in total. The van der Waals surface area contributed by atoms with Crippen molar-refractivity contribution in [2.45, 2.75) is 17.9 Å². The zero-order valence-corrected chi connectivity index (χ0v) is 16.6. The summed E-state index contributed by atoms with van der Waals surface area (Å²) in [7, 11) is -0.777. The van der Waals surface area contributed by atoms with Crippen LogP contribution in [0.3, 0.4) is 0 Å². The van der Waals surface area contributed by atoms with Crippen molar-refractivity contribution >= 4 is 33.7 Å². The van der Waals surface area contributed by atoms with Crippen LogP contribution in [0.2, 0.25) is 0 Å². The molecule has 148 valence electrons. The Bertz CT molecular complexity index is 969. The summed E-state index contributed by atoms with van der Waals surface area (Å²) in [4.78, 5) is 24.2. The first-order valence-corrected chi connectivity index (χ1v) is 9.91. The lowest BCUT2D eigenvalue weighted by molar-refractivity contribution is -0.148. The van der Waals surface area contributed by atoms with E-state index in [1.54, 1.807) is 12.1 Å². The van der Waals surface area contributed by atoms with Crippen LogP contribution in [-0.2, 0) is 24.3 Å². The molecule has 1 atom stereocenters. The van der Waals surface area contributed by atoms with E-state index in [1.165, 1.54) is 45.3 Å². The van der Waals surface area contributed by atoms with Crippen molar-refractivity contribution < 1.29 is 22.7 Å². The average molecular weight is 402 g/mol. The average Bonchev–Trinajstić information content (AvgIpc) is 2.67. The maximum absolute atomic E-state index is 12.2. The summed E-state index contributed by atoms with van der Waals surface area (Å²) >= 11 is 0. The Morgan fingerprint density at radius 1 is 1.07 bits per heavy atom. The summed E-state index contributed by atoms with van der Waals surface area (Å²) in [5.41, 5.74) is 1.12. The van der Waals surface area contributed by atoms with Crippen LogP contribution in [0, 0.1) is 0 Å². The Balaban J connectivity index is 1.99. The van der Waals surface area contributed by atoms with E-state index < -0.39 is 28.0 Å². The van der Waals surface area contributed by atoms with Gasteiger partial charge >= 0.3 is 5.97 Å². The molecule has 2 aromatic rings. The first kappa shape index (κ1) is 21.3. The highest BCUT2D eigenvalue weighted by Crippen LogP contribution is 2.18. The van der Waals surface area contributed by atoms with E-state index in [1.807, 2.05) is 30.3 Å². The summed E-state index contributed by atoms with van der Waals surface area (Å²) in [6, 6.07) is 15.0. The molecule has 0 aliphatic rings. The van der Waals surface area contributed by atoms with E-state index in [9.17, 15) is 18.0 Å². The molecule has 0 saturated carbocycles. The Morgan fingerprint density at radius 2 is 1.75 bits per heavy atom. The maximum atomic E-state index is 12.2. The number of sulfonamides is 1. The molecular weight excluding hydrogens is 380 g/mol. The van der Waals surface area contributed by atoms with E-state index in [2.05, 4.69) is 5.32 Å². The third kappa shape index (κ3) is 5.77. The molecule has 0 saturated heterocycles. The number of nitrogens with one attached hydrogen (secondary N) is 1. The minimum absolute atomic E-state index is 0.0470. The molecule has 0 aliphatic carbocycles. The van der Waals surface area contributed by atoms with Crippen molar-refractivity contribution in [3.05, 3.63) is 66.2 Å². The van der Waals surface area contributed by atoms with E-state index in [-0.39, 0.29) is 10.6 Å². The summed E-state index contributed by atoms with van der Waals surface area (Å²) < 4.78 is 30.5. The molecule has 0 unspecified atom stereocenters. The molecule has 0 fully saturated rings. The number of rotatable bonds is 7.